The van der Waals surface area contributed by atoms with Crippen molar-refractivity contribution in [2.75, 3.05) is 19.7 Å². The number of carbonyl (C=O) groups is 1. The summed E-state index contributed by atoms with van der Waals surface area (Å²) in [6.45, 7) is 7.64. The molecule has 162 valence electrons. The maximum absolute atomic E-state index is 12.3. The number of para-hydroxylation sites is 1. The summed E-state index contributed by atoms with van der Waals surface area (Å²) in [7, 11) is 0. The normalized spacial score (nSPS) is 15.0. The van der Waals surface area contributed by atoms with Crippen LogP contribution in [0.1, 0.15) is 35.7 Å². The van der Waals surface area contributed by atoms with Gasteiger partial charge in [-0.25, -0.2) is 0 Å². The summed E-state index contributed by atoms with van der Waals surface area (Å²) in [6.07, 6.45) is 0.844. The molecule has 0 unspecified atom stereocenters. The molecule has 0 spiro atoms. The quantitative estimate of drug-likeness (QED) is 0.638. The maximum Gasteiger partial charge on any atom is 0.258 e. The lowest BCUT2D eigenvalue weighted by atomic mass is 10.1. The van der Waals surface area contributed by atoms with E-state index in [4.69, 9.17) is 4.74 Å². The van der Waals surface area contributed by atoms with Crippen LogP contribution >= 0.6 is 0 Å². The second kappa shape index (κ2) is 9.75. The Bertz CT molecular complexity index is 1020. The van der Waals surface area contributed by atoms with Gasteiger partial charge in [-0.2, -0.15) is 0 Å². The van der Waals surface area contributed by atoms with Crippen LogP contribution in [0, 0.1) is 6.92 Å². The summed E-state index contributed by atoms with van der Waals surface area (Å²) in [6, 6.07) is 17.7. The van der Waals surface area contributed by atoms with E-state index in [2.05, 4.69) is 56.2 Å². The van der Waals surface area contributed by atoms with Crippen molar-refractivity contribution < 1.29 is 9.53 Å². The molecule has 3 aromatic rings. The van der Waals surface area contributed by atoms with E-state index in [1.165, 1.54) is 11.1 Å². The first kappa shape index (κ1) is 21.1. The first-order chi connectivity index (χ1) is 15.1. The molecular formula is C24H29N5O2. The van der Waals surface area contributed by atoms with Gasteiger partial charge in [-0.05, 0) is 31.5 Å². The number of rotatable bonds is 7. The van der Waals surface area contributed by atoms with Gasteiger partial charge in [0.05, 0.1) is 6.04 Å². The van der Waals surface area contributed by atoms with E-state index in [0.717, 1.165) is 44.2 Å². The number of carbonyl (C=O) groups excluding carboxylic acids is 1. The Kier molecular flexibility index (Phi) is 6.62. The Morgan fingerprint density at radius 2 is 1.94 bits per heavy atom. The van der Waals surface area contributed by atoms with Crippen LogP contribution in [0.4, 0.5) is 0 Å². The van der Waals surface area contributed by atoms with Crippen molar-refractivity contribution in [2.45, 2.75) is 39.4 Å². The Hall–Kier alpha value is -3.19. The zero-order valence-corrected chi connectivity index (χ0v) is 18.1. The SMILES string of the molecule is Cc1cccc(CN2CCc3nnc([C@H](C)NC(=O)COc4ccccc4)n3CC2)c1. The third kappa shape index (κ3) is 5.49. The molecular weight excluding hydrogens is 390 g/mol. The first-order valence-corrected chi connectivity index (χ1v) is 10.8. The molecule has 1 atom stereocenters. The topological polar surface area (TPSA) is 72.3 Å². The highest BCUT2D eigenvalue weighted by atomic mass is 16.5. The highest BCUT2D eigenvalue weighted by Crippen LogP contribution is 2.17. The highest BCUT2D eigenvalue weighted by Gasteiger charge is 2.23. The number of hydrogen-bond acceptors (Lipinski definition) is 5. The Balaban J connectivity index is 1.33. The molecule has 1 aliphatic rings. The Morgan fingerprint density at radius 3 is 2.74 bits per heavy atom. The number of hydrogen-bond donors (Lipinski definition) is 1. The smallest absolute Gasteiger partial charge is 0.258 e. The van der Waals surface area contributed by atoms with Crippen LogP contribution in [0.3, 0.4) is 0 Å². The van der Waals surface area contributed by atoms with Crippen LogP contribution in [-0.4, -0.2) is 45.3 Å². The van der Waals surface area contributed by atoms with Gasteiger partial charge in [0.2, 0.25) is 0 Å². The minimum absolute atomic E-state index is 0.0282. The molecule has 0 fully saturated rings. The summed E-state index contributed by atoms with van der Waals surface area (Å²) in [5, 5.41) is 11.7. The molecule has 2 heterocycles. The van der Waals surface area contributed by atoms with Crippen LogP contribution in [0.2, 0.25) is 0 Å². The van der Waals surface area contributed by atoms with E-state index in [0.29, 0.717) is 5.75 Å². The van der Waals surface area contributed by atoms with Gasteiger partial charge in [-0.3, -0.25) is 9.69 Å². The fraction of sp³-hybridized carbons (Fsp3) is 0.375. The van der Waals surface area contributed by atoms with Crippen LogP contribution in [0.15, 0.2) is 54.6 Å². The number of nitrogens with zero attached hydrogens (tertiary/aromatic N) is 4. The average molecular weight is 420 g/mol. The molecule has 0 radical (unpaired) electrons. The number of aryl methyl sites for hydroxylation is 1. The van der Waals surface area contributed by atoms with Crippen LogP contribution in [0.25, 0.3) is 0 Å². The van der Waals surface area contributed by atoms with Gasteiger partial charge in [0, 0.05) is 32.6 Å². The second-order valence-corrected chi connectivity index (χ2v) is 8.03. The van der Waals surface area contributed by atoms with Crippen LogP contribution in [-0.2, 0) is 24.3 Å². The molecule has 7 heteroatoms. The number of amides is 1. The first-order valence-electron chi connectivity index (χ1n) is 10.8. The van der Waals surface area contributed by atoms with Gasteiger partial charge in [0.1, 0.15) is 11.6 Å². The highest BCUT2D eigenvalue weighted by molar-refractivity contribution is 5.77. The summed E-state index contributed by atoms with van der Waals surface area (Å²) in [5.74, 6) is 2.27. The van der Waals surface area contributed by atoms with Crippen molar-refractivity contribution in [1.82, 2.24) is 25.0 Å². The summed E-state index contributed by atoms with van der Waals surface area (Å²) in [5.41, 5.74) is 2.62. The van der Waals surface area contributed by atoms with Crippen molar-refractivity contribution >= 4 is 5.91 Å². The van der Waals surface area contributed by atoms with Gasteiger partial charge in [0.25, 0.3) is 5.91 Å². The van der Waals surface area contributed by atoms with Crippen molar-refractivity contribution in [1.29, 1.82) is 0 Å². The predicted octanol–water partition coefficient (Wildman–Crippen LogP) is 2.90. The summed E-state index contributed by atoms with van der Waals surface area (Å²) < 4.78 is 7.69. The summed E-state index contributed by atoms with van der Waals surface area (Å²) >= 11 is 0. The molecule has 0 aliphatic carbocycles. The molecule has 1 aromatic heterocycles. The molecule has 1 N–H and O–H groups in total. The third-order valence-electron chi connectivity index (χ3n) is 5.51. The predicted molar refractivity (Wildman–Crippen MR) is 119 cm³/mol. The van der Waals surface area contributed by atoms with Crippen molar-refractivity contribution in [3.05, 3.63) is 77.4 Å². The summed E-state index contributed by atoms with van der Waals surface area (Å²) in [4.78, 5) is 14.8. The number of ether oxygens (including phenoxy) is 1. The molecule has 0 bridgehead atoms. The van der Waals surface area contributed by atoms with E-state index in [1.807, 2.05) is 37.3 Å². The molecule has 7 nitrogen and oxygen atoms in total. The third-order valence-corrected chi connectivity index (χ3v) is 5.51. The van der Waals surface area contributed by atoms with Crippen LogP contribution in [0.5, 0.6) is 5.75 Å². The Labute approximate surface area is 183 Å². The van der Waals surface area contributed by atoms with Gasteiger partial charge in [-0.15, -0.1) is 10.2 Å². The zero-order chi connectivity index (χ0) is 21.6. The lowest BCUT2D eigenvalue weighted by molar-refractivity contribution is -0.123. The fourth-order valence-corrected chi connectivity index (χ4v) is 3.95. The van der Waals surface area contributed by atoms with E-state index in [-0.39, 0.29) is 18.6 Å². The fourth-order valence-electron chi connectivity index (χ4n) is 3.95. The van der Waals surface area contributed by atoms with Gasteiger partial charge in [0.15, 0.2) is 12.4 Å². The molecule has 1 amide bonds. The van der Waals surface area contributed by atoms with E-state index in [9.17, 15) is 4.79 Å². The van der Waals surface area contributed by atoms with Crippen molar-refractivity contribution in [2.24, 2.45) is 0 Å². The molecule has 4 rings (SSSR count). The van der Waals surface area contributed by atoms with E-state index < -0.39 is 0 Å². The average Bonchev–Trinajstić information content (AvgIpc) is 3.08. The van der Waals surface area contributed by atoms with Gasteiger partial charge >= 0.3 is 0 Å². The molecule has 0 saturated carbocycles. The molecule has 31 heavy (non-hydrogen) atoms. The largest absolute Gasteiger partial charge is 0.484 e. The number of fused-ring (bicyclic) bond motifs is 1. The number of benzene rings is 2. The Morgan fingerprint density at radius 1 is 1.10 bits per heavy atom. The second-order valence-electron chi connectivity index (χ2n) is 8.03. The van der Waals surface area contributed by atoms with Crippen LogP contribution < -0.4 is 10.1 Å². The monoisotopic (exact) mass is 419 g/mol. The zero-order valence-electron chi connectivity index (χ0n) is 18.1. The standard InChI is InChI=1S/C24H29N5O2/c1-18-7-6-8-20(15-18)16-28-12-11-22-26-27-24(29(22)14-13-28)19(2)25-23(30)17-31-21-9-4-3-5-10-21/h3-10,15,19H,11-14,16-17H2,1-2H3,(H,25,30)/t19-/m0/s1. The van der Waals surface area contributed by atoms with Gasteiger partial charge in [-0.1, -0.05) is 48.0 Å². The van der Waals surface area contributed by atoms with E-state index >= 15 is 0 Å². The van der Waals surface area contributed by atoms with E-state index in [1.54, 1.807) is 0 Å². The molecule has 1 aliphatic heterocycles. The lowest BCUT2D eigenvalue weighted by Crippen LogP contribution is -2.33. The molecule has 2 aromatic carbocycles. The van der Waals surface area contributed by atoms with Crippen molar-refractivity contribution in [3.63, 3.8) is 0 Å². The molecule has 0 saturated heterocycles. The lowest BCUT2D eigenvalue weighted by Gasteiger charge is -2.20. The van der Waals surface area contributed by atoms with Gasteiger partial charge < -0.3 is 14.6 Å². The minimum atomic E-state index is -0.239. The number of aromatic nitrogens is 3. The van der Waals surface area contributed by atoms with Crippen molar-refractivity contribution in [3.8, 4) is 5.75 Å². The maximum atomic E-state index is 12.3. The minimum Gasteiger partial charge on any atom is -0.484 e. The number of nitrogens with one attached hydrogen (secondary N) is 1.